The molecular weight excluding hydrogens is 320 g/mol. The third-order valence-electron chi connectivity index (χ3n) is 4.75. The number of hydrogen-bond acceptors (Lipinski definition) is 2. The van der Waals surface area contributed by atoms with E-state index in [1.807, 2.05) is 6.08 Å². The molecule has 26 heavy (non-hydrogen) atoms. The van der Waals surface area contributed by atoms with Gasteiger partial charge in [0.25, 0.3) is 0 Å². The molecule has 0 fully saturated rings. The van der Waals surface area contributed by atoms with Crippen LogP contribution < -0.4 is 0 Å². The second-order valence-electron chi connectivity index (χ2n) is 7.84. The van der Waals surface area contributed by atoms with E-state index in [2.05, 4.69) is 33.8 Å². The van der Waals surface area contributed by atoms with E-state index >= 15 is 0 Å². The Labute approximate surface area is 163 Å². The van der Waals surface area contributed by atoms with E-state index < -0.39 is 0 Å². The minimum absolute atomic E-state index is 0.0470. The summed E-state index contributed by atoms with van der Waals surface area (Å²) in [6.45, 7) is 9.04. The molecule has 0 bridgehead atoms. The SMILES string of the molecule is CCCCCCCCCCCCCC(=O)OC/C=C(\C)CCC=C(C)C. The van der Waals surface area contributed by atoms with Gasteiger partial charge in [-0.05, 0) is 46.1 Å². The third-order valence-corrected chi connectivity index (χ3v) is 4.75. The van der Waals surface area contributed by atoms with Crippen molar-refractivity contribution in [3.8, 4) is 0 Å². The van der Waals surface area contributed by atoms with Crippen molar-refractivity contribution in [3.05, 3.63) is 23.3 Å². The molecule has 0 aromatic carbocycles. The van der Waals surface area contributed by atoms with Crippen molar-refractivity contribution in [3.63, 3.8) is 0 Å². The van der Waals surface area contributed by atoms with Gasteiger partial charge in [-0.25, -0.2) is 0 Å². The first-order chi connectivity index (χ1) is 12.6. The second kappa shape index (κ2) is 18.7. The normalized spacial score (nSPS) is 11.5. The van der Waals surface area contributed by atoms with E-state index in [1.165, 1.54) is 68.9 Å². The van der Waals surface area contributed by atoms with Crippen molar-refractivity contribution in [2.45, 2.75) is 118 Å². The summed E-state index contributed by atoms with van der Waals surface area (Å²) in [6.07, 6.45) is 21.3. The van der Waals surface area contributed by atoms with Gasteiger partial charge in [0, 0.05) is 6.42 Å². The molecule has 2 nitrogen and oxygen atoms in total. The summed E-state index contributed by atoms with van der Waals surface area (Å²) >= 11 is 0. The molecule has 0 aromatic heterocycles. The van der Waals surface area contributed by atoms with Crippen molar-refractivity contribution in [1.29, 1.82) is 0 Å². The lowest BCUT2D eigenvalue weighted by Crippen LogP contribution is -2.04. The van der Waals surface area contributed by atoms with Crippen LogP contribution in [0.15, 0.2) is 23.3 Å². The molecule has 0 heterocycles. The van der Waals surface area contributed by atoms with Gasteiger partial charge in [-0.3, -0.25) is 4.79 Å². The van der Waals surface area contributed by atoms with Crippen LogP contribution in [0.5, 0.6) is 0 Å². The van der Waals surface area contributed by atoms with Crippen molar-refractivity contribution >= 4 is 5.97 Å². The van der Waals surface area contributed by atoms with Crippen molar-refractivity contribution < 1.29 is 9.53 Å². The second-order valence-corrected chi connectivity index (χ2v) is 7.84. The molecule has 0 atom stereocenters. The summed E-state index contributed by atoms with van der Waals surface area (Å²) < 4.78 is 5.30. The fourth-order valence-corrected chi connectivity index (χ4v) is 2.97. The highest BCUT2D eigenvalue weighted by molar-refractivity contribution is 5.69. The number of ether oxygens (including phenoxy) is 1. The molecule has 152 valence electrons. The highest BCUT2D eigenvalue weighted by atomic mass is 16.5. The van der Waals surface area contributed by atoms with Gasteiger partial charge in [-0.15, -0.1) is 0 Å². The quantitative estimate of drug-likeness (QED) is 0.149. The van der Waals surface area contributed by atoms with Crippen LogP contribution in [0.25, 0.3) is 0 Å². The predicted molar refractivity (Wildman–Crippen MR) is 114 cm³/mol. The van der Waals surface area contributed by atoms with E-state index in [-0.39, 0.29) is 5.97 Å². The Bertz CT molecular complexity index is 389. The summed E-state index contributed by atoms with van der Waals surface area (Å²) in [7, 11) is 0. The number of hydrogen-bond donors (Lipinski definition) is 0. The highest BCUT2D eigenvalue weighted by Gasteiger charge is 2.01. The molecule has 0 aliphatic rings. The summed E-state index contributed by atoms with van der Waals surface area (Å²) in [5.74, 6) is -0.0470. The number of unbranched alkanes of at least 4 members (excludes halogenated alkanes) is 10. The van der Waals surface area contributed by atoms with Crippen LogP contribution in [-0.2, 0) is 9.53 Å². The predicted octanol–water partition coefficient (Wildman–Crippen LogP) is 7.92. The maximum Gasteiger partial charge on any atom is 0.306 e. The van der Waals surface area contributed by atoms with E-state index in [0.29, 0.717) is 13.0 Å². The van der Waals surface area contributed by atoms with Gasteiger partial charge in [0.05, 0.1) is 0 Å². The Morgan fingerprint density at radius 2 is 1.27 bits per heavy atom. The standard InChI is InChI=1S/C24H44O2/c1-5-6-7-8-9-10-11-12-13-14-15-19-24(25)26-21-20-23(4)18-16-17-22(2)3/h17,20H,5-16,18-19,21H2,1-4H3/b23-20+. The molecule has 0 spiro atoms. The molecule has 0 unspecified atom stereocenters. The van der Waals surface area contributed by atoms with Crippen LogP contribution in [0.3, 0.4) is 0 Å². The Kier molecular flexibility index (Phi) is 18.0. The zero-order chi connectivity index (χ0) is 19.5. The van der Waals surface area contributed by atoms with Gasteiger partial charge in [0.1, 0.15) is 6.61 Å². The van der Waals surface area contributed by atoms with E-state index in [0.717, 1.165) is 25.7 Å². The number of esters is 1. The van der Waals surface area contributed by atoms with Gasteiger partial charge in [0.2, 0.25) is 0 Å². The first-order valence-corrected chi connectivity index (χ1v) is 11.0. The highest BCUT2D eigenvalue weighted by Crippen LogP contribution is 2.12. The van der Waals surface area contributed by atoms with E-state index in [9.17, 15) is 4.79 Å². The van der Waals surface area contributed by atoms with Crippen LogP contribution in [0, 0.1) is 0 Å². The maximum atomic E-state index is 11.7. The molecule has 0 rings (SSSR count). The lowest BCUT2D eigenvalue weighted by Gasteiger charge is -2.04. The summed E-state index contributed by atoms with van der Waals surface area (Å²) in [5, 5.41) is 0. The first kappa shape index (κ1) is 24.9. The lowest BCUT2D eigenvalue weighted by molar-refractivity contribution is -0.142. The fourth-order valence-electron chi connectivity index (χ4n) is 2.97. The fraction of sp³-hybridized carbons (Fsp3) is 0.792. The van der Waals surface area contributed by atoms with E-state index in [4.69, 9.17) is 4.74 Å². The van der Waals surface area contributed by atoms with Crippen LogP contribution in [0.1, 0.15) is 118 Å². The molecule has 0 saturated carbocycles. The van der Waals surface area contributed by atoms with Crippen LogP contribution in [0.4, 0.5) is 0 Å². The van der Waals surface area contributed by atoms with Crippen LogP contribution in [0.2, 0.25) is 0 Å². The Hall–Kier alpha value is -1.05. The smallest absolute Gasteiger partial charge is 0.306 e. The average Bonchev–Trinajstić information content (AvgIpc) is 2.59. The van der Waals surface area contributed by atoms with Crippen molar-refractivity contribution in [1.82, 2.24) is 0 Å². The average molecular weight is 365 g/mol. The molecule has 0 aliphatic heterocycles. The molecule has 0 amide bonds. The van der Waals surface area contributed by atoms with Gasteiger partial charge in [0.15, 0.2) is 0 Å². The molecule has 0 saturated heterocycles. The van der Waals surface area contributed by atoms with Gasteiger partial charge in [-0.2, -0.15) is 0 Å². The van der Waals surface area contributed by atoms with E-state index in [1.54, 1.807) is 0 Å². The largest absolute Gasteiger partial charge is 0.461 e. The Balaban J connectivity index is 3.42. The van der Waals surface area contributed by atoms with Gasteiger partial charge in [-0.1, -0.05) is 88.4 Å². The van der Waals surface area contributed by atoms with Crippen molar-refractivity contribution in [2.24, 2.45) is 0 Å². The maximum absolute atomic E-state index is 11.7. The van der Waals surface area contributed by atoms with Crippen LogP contribution >= 0.6 is 0 Å². The minimum atomic E-state index is -0.0470. The molecule has 0 radical (unpaired) electrons. The zero-order valence-electron chi connectivity index (χ0n) is 18.1. The van der Waals surface area contributed by atoms with Crippen LogP contribution in [-0.4, -0.2) is 12.6 Å². The number of allylic oxidation sites excluding steroid dienone is 3. The molecule has 0 aliphatic carbocycles. The van der Waals surface area contributed by atoms with Crippen molar-refractivity contribution in [2.75, 3.05) is 6.61 Å². The molecular formula is C24H44O2. The Morgan fingerprint density at radius 1 is 0.731 bits per heavy atom. The zero-order valence-corrected chi connectivity index (χ0v) is 18.1. The number of carbonyl (C=O) groups excluding carboxylic acids is 1. The first-order valence-electron chi connectivity index (χ1n) is 11.0. The topological polar surface area (TPSA) is 26.3 Å². The summed E-state index contributed by atoms with van der Waals surface area (Å²) in [5.41, 5.74) is 2.65. The number of carbonyl (C=O) groups is 1. The molecule has 0 aromatic rings. The summed E-state index contributed by atoms with van der Waals surface area (Å²) in [6, 6.07) is 0. The Morgan fingerprint density at radius 3 is 1.81 bits per heavy atom. The van der Waals surface area contributed by atoms with Gasteiger partial charge < -0.3 is 4.74 Å². The summed E-state index contributed by atoms with van der Waals surface area (Å²) in [4.78, 5) is 11.7. The molecule has 2 heteroatoms. The minimum Gasteiger partial charge on any atom is -0.461 e. The number of rotatable bonds is 17. The monoisotopic (exact) mass is 364 g/mol. The molecule has 0 N–H and O–H groups in total. The van der Waals surface area contributed by atoms with Gasteiger partial charge >= 0.3 is 5.97 Å². The lowest BCUT2D eigenvalue weighted by atomic mass is 10.1. The third kappa shape index (κ3) is 19.3.